The molecule has 0 radical (unpaired) electrons. The van der Waals surface area contributed by atoms with Gasteiger partial charge in [0.25, 0.3) is 0 Å². The van der Waals surface area contributed by atoms with Crippen molar-refractivity contribution in [1.82, 2.24) is 0 Å². The number of rotatable bonds is 10. The van der Waals surface area contributed by atoms with Crippen LogP contribution < -0.4 is 9.47 Å². The number of methoxy groups -OCH3 is 1. The zero-order chi connectivity index (χ0) is 23.0. The van der Waals surface area contributed by atoms with Crippen LogP contribution in [0.2, 0.25) is 0 Å². The number of aliphatic hydroxyl groups is 1. The lowest BCUT2D eigenvalue weighted by atomic mass is 10.1. The third-order valence-electron chi connectivity index (χ3n) is 4.35. The molecule has 31 heavy (non-hydrogen) atoms. The van der Waals surface area contributed by atoms with Crippen molar-refractivity contribution in [3.63, 3.8) is 0 Å². The molecular weight excluding hydrogens is 467 g/mol. The topological polar surface area (TPSA) is 80.5 Å². The molecule has 164 valence electrons. The van der Waals surface area contributed by atoms with Gasteiger partial charge >= 0.3 is 0 Å². The third kappa shape index (κ3) is 6.83. The molecule has 1 atom stereocenters. The molecule has 0 bridgehead atoms. The standard InChI is InChI=1S/C23H24BrFN2O4/c1-14(18-6-8-22(31-10-9-28)23(12-18)30-4)26-13-21(29)16(3)27-15(2)17-5-7-20(25)19(24)11-17/h5-8,11-13,15,28H,1,9-10H2,2-4H3. The van der Waals surface area contributed by atoms with Crippen molar-refractivity contribution in [2.45, 2.75) is 19.9 Å². The minimum absolute atomic E-state index is 0.109. The van der Waals surface area contributed by atoms with Crippen LogP contribution in [0, 0.1) is 5.82 Å². The van der Waals surface area contributed by atoms with Gasteiger partial charge in [-0.1, -0.05) is 12.6 Å². The quantitative estimate of drug-likeness (QED) is 0.485. The second-order valence-electron chi connectivity index (χ2n) is 6.57. The molecule has 0 spiro atoms. The SMILES string of the molecule is C=C(N=CC(=O)C(C)=NC(C)c1ccc(F)c(Br)c1)c1ccc(OCCO)c(OC)c1. The number of Topliss-reactive ketones (excluding diaryl/α,β-unsaturated/α-hetero) is 1. The molecule has 0 aliphatic rings. The van der Waals surface area contributed by atoms with E-state index in [2.05, 4.69) is 32.5 Å². The number of carbonyl (C=O) groups excluding carboxylic acids is 1. The summed E-state index contributed by atoms with van der Waals surface area (Å²) in [5.41, 5.74) is 2.06. The maximum absolute atomic E-state index is 13.4. The second-order valence-corrected chi connectivity index (χ2v) is 7.43. The van der Waals surface area contributed by atoms with Crippen LogP contribution >= 0.6 is 15.9 Å². The largest absolute Gasteiger partial charge is 0.493 e. The van der Waals surface area contributed by atoms with Gasteiger partial charge in [-0.05, 0) is 65.7 Å². The van der Waals surface area contributed by atoms with Gasteiger partial charge in [0, 0.05) is 5.56 Å². The van der Waals surface area contributed by atoms with Crippen molar-refractivity contribution in [3.05, 3.63) is 64.4 Å². The summed E-state index contributed by atoms with van der Waals surface area (Å²) in [5.74, 6) is 0.232. The number of hydrogen-bond acceptors (Lipinski definition) is 6. The van der Waals surface area contributed by atoms with Crippen LogP contribution in [-0.2, 0) is 4.79 Å². The van der Waals surface area contributed by atoms with Crippen molar-refractivity contribution in [1.29, 1.82) is 0 Å². The normalized spacial score (nSPS) is 12.6. The highest BCUT2D eigenvalue weighted by Crippen LogP contribution is 2.30. The fraction of sp³-hybridized carbons (Fsp3) is 0.261. The lowest BCUT2D eigenvalue weighted by Gasteiger charge is -2.11. The molecule has 0 aliphatic heterocycles. The van der Waals surface area contributed by atoms with Gasteiger partial charge in [0.2, 0.25) is 5.78 Å². The smallest absolute Gasteiger partial charge is 0.217 e. The van der Waals surface area contributed by atoms with Crippen LogP contribution in [0.3, 0.4) is 0 Å². The maximum atomic E-state index is 13.4. The molecular formula is C23H24BrFN2O4. The number of aliphatic hydroxyl groups excluding tert-OH is 1. The highest BCUT2D eigenvalue weighted by molar-refractivity contribution is 9.10. The van der Waals surface area contributed by atoms with Gasteiger partial charge < -0.3 is 14.6 Å². The van der Waals surface area contributed by atoms with Gasteiger partial charge in [-0.3, -0.25) is 14.8 Å². The van der Waals surface area contributed by atoms with E-state index in [0.29, 0.717) is 27.2 Å². The zero-order valence-electron chi connectivity index (χ0n) is 17.6. The molecule has 2 rings (SSSR count). The summed E-state index contributed by atoms with van der Waals surface area (Å²) in [4.78, 5) is 20.9. The summed E-state index contributed by atoms with van der Waals surface area (Å²) in [5, 5.41) is 8.89. The summed E-state index contributed by atoms with van der Waals surface area (Å²) in [7, 11) is 1.50. The lowest BCUT2D eigenvalue weighted by molar-refractivity contribution is -0.107. The minimum Gasteiger partial charge on any atom is -0.493 e. The number of benzene rings is 2. The molecule has 6 nitrogen and oxygen atoms in total. The fourth-order valence-corrected chi connectivity index (χ4v) is 3.02. The van der Waals surface area contributed by atoms with Gasteiger partial charge in [0.15, 0.2) is 11.5 Å². The number of aliphatic imine (C=N–C) groups is 2. The van der Waals surface area contributed by atoms with Crippen LogP contribution in [0.1, 0.15) is 31.0 Å². The Morgan fingerprint density at radius 3 is 2.68 bits per heavy atom. The predicted octanol–water partition coefficient (Wildman–Crippen LogP) is 4.80. The molecule has 0 aliphatic carbocycles. The summed E-state index contributed by atoms with van der Waals surface area (Å²) < 4.78 is 24.4. The zero-order valence-corrected chi connectivity index (χ0v) is 19.1. The molecule has 0 saturated carbocycles. The van der Waals surface area contributed by atoms with Crippen LogP contribution in [-0.4, -0.2) is 43.1 Å². The third-order valence-corrected chi connectivity index (χ3v) is 4.96. The molecule has 1 N–H and O–H groups in total. The number of halogens is 2. The molecule has 8 heteroatoms. The Kier molecular flexibility index (Phi) is 9.08. The molecule has 2 aromatic rings. The van der Waals surface area contributed by atoms with E-state index in [1.54, 1.807) is 37.3 Å². The van der Waals surface area contributed by atoms with Gasteiger partial charge in [-0.2, -0.15) is 0 Å². The number of hydrogen-bond donors (Lipinski definition) is 1. The summed E-state index contributed by atoms with van der Waals surface area (Å²) >= 11 is 3.15. The van der Waals surface area contributed by atoms with Gasteiger partial charge in [-0.25, -0.2) is 4.39 Å². The highest BCUT2D eigenvalue weighted by atomic mass is 79.9. The number of ketones is 1. The Labute approximate surface area is 189 Å². The van der Waals surface area contributed by atoms with Crippen LogP contribution in [0.25, 0.3) is 5.70 Å². The number of nitrogens with zero attached hydrogens (tertiary/aromatic N) is 2. The first kappa shape index (κ1) is 24.4. The number of ether oxygens (including phenoxy) is 2. The van der Waals surface area contributed by atoms with Gasteiger partial charge in [0.1, 0.15) is 12.4 Å². The van der Waals surface area contributed by atoms with E-state index in [-0.39, 0.29) is 36.6 Å². The Bertz CT molecular complexity index is 1020. The molecule has 2 aromatic carbocycles. The highest BCUT2D eigenvalue weighted by Gasteiger charge is 2.11. The average Bonchev–Trinajstić information content (AvgIpc) is 2.77. The molecule has 0 saturated heterocycles. The van der Waals surface area contributed by atoms with Crippen molar-refractivity contribution in [3.8, 4) is 11.5 Å². The van der Waals surface area contributed by atoms with Crippen molar-refractivity contribution in [2.24, 2.45) is 9.98 Å². The first-order chi connectivity index (χ1) is 14.8. The van der Waals surface area contributed by atoms with E-state index in [0.717, 1.165) is 11.8 Å². The molecule has 0 amide bonds. The fourth-order valence-electron chi connectivity index (χ4n) is 2.63. The Morgan fingerprint density at radius 2 is 2.03 bits per heavy atom. The van der Waals surface area contributed by atoms with Gasteiger partial charge in [-0.15, -0.1) is 0 Å². The predicted molar refractivity (Wildman–Crippen MR) is 124 cm³/mol. The van der Waals surface area contributed by atoms with Crippen LogP contribution in [0.15, 0.2) is 57.4 Å². The van der Waals surface area contributed by atoms with E-state index in [1.165, 1.54) is 13.2 Å². The average molecular weight is 491 g/mol. The van der Waals surface area contributed by atoms with Crippen molar-refractivity contribution >= 4 is 39.3 Å². The molecule has 0 fully saturated rings. The van der Waals surface area contributed by atoms with E-state index < -0.39 is 0 Å². The van der Waals surface area contributed by atoms with Crippen LogP contribution in [0.4, 0.5) is 4.39 Å². The van der Waals surface area contributed by atoms with E-state index in [9.17, 15) is 9.18 Å². The Hall–Kier alpha value is -2.84. The number of carbonyl (C=O) groups is 1. The van der Waals surface area contributed by atoms with E-state index in [1.807, 2.05) is 6.92 Å². The van der Waals surface area contributed by atoms with Crippen molar-refractivity contribution in [2.75, 3.05) is 20.3 Å². The summed E-state index contributed by atoms with van der Waals surface area (Å²) in [6.07, 6.45) is 1.16. The summed E-state index contributed by atoms with van der Waals surface area (Å²) in [6, 6.07) is 9.39. The van der Waals surface area contributed by atoms with Crippen LogP contribution in [0.5, 0.6) is 11.5 Å². The molecule has 0 heterocycles. The second kappa shape index (κ2) is 11.5. The van der Waals surface area contributed by atoms with Gasteiger partial charge in [0.05, 0.1) is 41.9 Å². The maximum Gasteiger partial charge on any atom is 0.217 e. The monoisotopic (exact) mass is 490 g/mol. The first-order valence-corrected chi connectivity index (χ1v) is 10.2. The van der Waals surface area contributed by atoms with E-state index >= 15 is 0 Å². The summed E-state index contributed by atoms with van der Waals surface area (Å²) in [6.45, 7) is 7.34. The molecule has 1 unspecified atom stereocenters. The molecule has 0 aromatic heterocycles. The first-order valence-electron chi connectivity index (χ1n) is 9.45. The Morgan fingerprint density at radius 1 is 1.29 bits per heavy atom. The minimum atomic E-state index is -0.358. The van der Waals surface area contributed by atoms with E-state index in [4.69, 9.17) is 14.6 Å². The lowest BCUT2D eigenvalue weighted by Crippen LogP contribution is -2.12. The Balaban J connectivity index is 2.09. The van der Waals surface area contributed by atoms with Crippen molar-refractivity contribution < 1.29 is 23.8 Å².